The largest absolute Gasteiger partial charge is 0.478 e. The molecule has 0 aliphatic carbocycles. The Morgan fingerprint density at radius 3 is 1.04 bits per heavy atom. The maximum Gasteiger partial charge on any atom is 0.335 e. The predicted octanol–water partition coefficient (Wildman–Crippen LogP) is 2.78. The van der Waals surface area contributed by atoms with E-state index in [1.54, 1.807) is 6.92 Å². The summed E-state index contributed by atoms with van der Waals surface area (Å²) in [7, 11) is 0. The molecule has 28 heavy (non-hydrogen) atoms. The molecule has 160 valence electrons. The van der Waals surface area contributed by atoms with Gasteiger partial charge in [0.25, 0.3) is 0 Å². The Morgan fingerprint density at radius 1 is 0.714 bits per heavy atom. The molecule has 1 unspecified atom stereocenters. The van der Waals surface area contributed by atoms with Crippen molar-refractivity contribution >= 4 is 23.9 Å². The van der Waals surface area contributed by atoms with Crippen LogP contribution in [0, 0.1) is 0 Å². The molecule has 0 radical (unpaired) electrons. The third kappa shape index (κ3) is 30.7. The number of carbonyl (C=O) groups excluding carboxylic acids is 1. The summed E-state index contributed by atoms with van der Waals surface area (Å²) >= 11 is 0. The molecule has 0 aromatic carbocycles. The highest BCUT2D eigenvalue weighted by Crippen LogP contribution is 1.98. The first-order valence-corrected chi connectivity index (χ1v) is 7.71. The minimum atomic E-state index is -0.996. The van der Waals surface area contributed by atoms with E-state index < -0.39 is 30.2 Å². The first-order chi connectivity index (χ1) is 12.5. The quantitative estimate of drug-likeness (QED) is 0.298. The molecule has 0 aromatic heterocycles. The number of aliphatic carboxylic acids is 3. The second-order valence-electron chi connectivity index (χ2n) is 5.30. The van der Waals surface area contributed by atoms with Crippen LogP contribution in [-0.2, 0) is 23.9 Å². The molecule has 0 saturated heterocycles. The fourth-order valence-corrected chi connectivity index (χ4v) is 0.307. The Morgan fingerprint density at radius 2 is 0.929 bits per heavy atom. The zero-order chi connectivity index (χ0) is 23.6. The molecule has 4 N–H and O–H groups in total. The first kappa shape index (κ1) is 32.5. The van der Waals surface area contributed by atoms with E-state index >= 15 is 0 Å². The lowest BCUT2D eigenvalue weighted by molar-refractivity contribution is -0.163. The van der Waals surface area contributed by atoms with Crippen LogP contribution in [0.1, 0.15) is 41.0 Å². The minimum absolute atomic E-state index is 0.176. The van der Waals surface area contributed by atoms with Crippen molar-refractivity contribution in [2.24, 2.45) is 0 Å². The van der Waals surface area contributed by atoms with Crippen molar-refractivity contribution in [2.45, 2.75) is 47.3 Å². The summed E-state index contributed by atoms with van der Waals surface area (Å²) in [5, 5.41) is 32.5. The molecule has 1 atom stereocenters. The minimum Gasteiger partial charge on any atom is -0.478 e. The second kappa shape index (κ2) is 18.6. The molecule has 0 fully saturated rings. The van der Waals surface area contributed by atoms with Crippen molar-refractivity contribution in [1.82, 2.24) is 0 Å². The van der Waals surface area contributed by atoms with Gasteiger partial charge in [-0.15, -0.1) is 0 Å². The maximum absolute atomic E-state index is 10.6. The lowest BCUT2D eigenvalue weighted by Crippen LogP contribution is -2.16. The van der Waals surface area contributed by atoms with Crippen LogP contribution in [0.3, 0.4) is 0 Å². The van der Waals surface area contributed by atoms with Gasteiger partial charge in [-0.1, -0.05) is 33.2 Å². The molecule has 0 spiro atoms. The first-order valence-electron chi connectivity index (χ1n) is 7.71. The highest BCUT2D eigenvalue weighted by molar-refractivity contribution is 5.87. The number of ether oxygens (including phenoxy) is 1. The number of carbonyl (C=O) groups is 4. The molecule has 0 aliphatic rings. The van der Waals surface area contributed by atoms with E-state index in [0.717, 1.165) is 0 Å². The Kier molecular flexibility index (Phi) is 21.6. The van der Waals surface area contributed by atoms with E-state index in [4.69, 9.17) is 20.4 Å². The Balaban J connectivity index is -0.000000142. The average Bonchev–Trinajstić information content (AvgIpc) is 2.55. The number of carboxylic acids is 3. The van der Waals surface area contributed by atoms with Gasteiger partial charge in [0, 0.05) is 28.7 Å². The third-order valence-electron chi connectivity index (χ3n) is 2.04. The molecule has 0 saturated carbocycles. The number of carboxylic acid groups (broad SMARTS) is 3. The summed E-state index contributed by atoms with van der Waals surface area (Å²) in [6.45, 7) is 20.4. The lowest BCUT2D eigenvalue weighted by Gasteiger charge is -2.08. The van der Waals surface area contributed by atoms with Gasteiger partial charge in [0.1, 0.15) is 0 Å². The number of rotatable bonds is 6. The van der Waals surface area contributed by atoms with Crippen LogP contribution < -0.4 is 0 Å². The summed E-state index contributed by atoms with van der Waals surface area (Å²) in [6, 6.07) is 0. The molecule has 0 bridgehead atoms. The zero-order valence-corrected chi connectivity index (χ0v) is 16.9. The van der Waals surface area contributed by atoms with Crippen LogP contribution in [-0.4, -0.2) is 50.6 Å². The second-order valence-corrected chi connectivity index (χ2v) is 5.30. The van der Waals surface area contributed by atoms with E-state index in [9.17, 15) is 19.2 Å². The third-order valence-corrected chi connectivity index (χ3v) is 2.04. The molecule has 0 aromatic rings. The van der Waals surface area contributed by atoms with Crippen LogP contribution in [0.4, 0.5) is 0 Å². The van der Waals surface area contributed by atoms with Gasteiger partial charge in [-0.2, -0.15) is 0 Å². The van der Waals surface area contributed by atoms with Gasteiger partial charge in [-0.05, 0) is 27.7 Å². The summed E-state index contributed by atoms with van der Waals surface area (Å²) in [4.78, 5) is 39.4. The lowest BCUT2D eigenvalue weighted by atomic mass is 10.3. The Hall–Kier alpha value is -3.20. The molecule has 0 heterocycles. The normalized spacial score (nSPS) is 9.21. The van der Waals surface area contributed by atoms with Crippen molar-refractivity contribution in [3.8, 4) is 0 Å². The molecular weight excluding hydrogens is 372 g/mol. The van der Waals surface area contributed by atoms with Crippen molar-refractivity contribution in [3.63, 3.8) is 0 Å². The smallest absolute Gasteiger partial charge is 0.335 e. The van der Waals surface area contributed by atoms with Gasteiger partial charge in [0.15, 0.2) is 0 Å². The average molecular weight is 402 g/mol. The maximum atomic E-state index is 10.6. The predicted molar refractivity (Wildman–Crippen MR) is 105 cm³/mol. The van der Waals surface area contributed by atoms with Crippen molar-refractivity contribution in [1.29, 1.82) is 0 Å². The SMILES string of the molecule is C=C(C)C(=O)O.C=C(C)C(=O)O.C=C(C)C(=O)O.C=C(C)C(=O)OC(O)CC. The fraction of sp³-hybridized carbons (Fsp3) is 0.368. The van der Waals surface area contributed by atoms with E-state index in [1.807, 2.05) is 0 Å². The van der Waals surface area contributed by atoms with Crippen LogP contribution in [0.25, 0.3) is 0 Å². The fourth-order valence-electron chi connectivity index (χ4n) is 0.307. The van der Waals surface area contributed by atoms with Gasteiger partial charge in [0.2, 0.25) is 6.29 Å². The van der Waals surface area contributed by atoms with Gasteiger partial charge in [-0.25, -0.2) is 19.2 Å². The van der Waals surface area contributed by atoms with E-state index in [1.165, 1.54) is 27.7 Å². The highest BCUT2D eigenvalue weighted by atomic mass is 16.6. The number of aliphatic hydroxyl groups is 1. The molecule has 0 aliphatic heterocycles. The molecular formula is C19H30O9. The number of esters is 1. The van der Waals surface area contributed by atoms with Gasteiger partial charge >= 0.3 is 23.9 Å². The van der Waals surface area contributed by atoms with Gasteiger partial charge in [0.05, 0.1) is 0 Å². The van der Waals surface area contributed by atoms with E-state index in [-0.39, 0.29) is 16.7 Å². The Labute approximate surface area is 165 Å². The van der Waals surface area contributed by atoms with E-state index in [2.05, 4.69) is 31.1 Å². The van der Waals surface area contributed by atoms with Crippen LogP contribution >= 0.6 is 0 Å². The molecule has 9 nitrogen and oxygen atoms in total. The topological polar surface area (TPSA) is 158 Å². The van der Waals surface area contributed by atoms with Crippen molar-refractivity contribution in [3.05, 3.63) is 48.6 Å². The summed E-state index contributed by atoms with van der Waals surface area (Å²) in [6.07, 6.45) is -0.594. The number of hydrogen-bond donors (Lipinski definition) is 4. The number of hydrogen-bond acceptors (Lipinski definition) is 6. The highest BCUT2D eigenvalue weighted by Gasteiger charge is 2.08. The van der Waals surface area contributed by atoms with Gasteiger partial charge in [-0.3, -0.25) is 0 Å². The van der Waals surface area contributed by atoms with Crippen molar-refractivity contribution in [2.75, 3.05) is 0 Å². The molecule has 0 amide bonds. The van der Waals surface area contributed by atoms with Crippen molar-refractivity contribution < 1.29 is 44.3 Å². The number of aliphatic hydroxyl groups excluding tert-OH is 1. The van der Waals surface area contributed by atoms with E-state index in [0.29, 0.717) is 12.0 Å². The summed E-state index contributed by atoms with van der Waals surface area (Å²) in [5.41, 5.74) is 0.826. The molecule has 0 rings (SSSR count). The van der Waals surface area contributed by atoms with Crippen LogP contribution in [0.15, 0.2) is 48.6 Å². The summed E-state index contributed by atoms with van der Waals surface area (Å²) in [5.74, 6) is -3.35. The standard InChI is InChI=1S/C7H12O3.3C4H6O2/c1-4-6(8)10-7(9)5(2)3;3*1-3(2)4(5)6/h6,8H,2,4H2,1,3H3;3*1H2,2H3,(H,5,6). The van der Waals surface area contributed by atoms with Crippen LogP contribution in [0.2, 0.25) is 0 Å². The van der Waals surface area contributed by atoms with Crippen LogP contribution in [0.5, 0.6) is 0 Å². The Bertz CT molecular complexity index is 507. The monoisotopic (exact) mass is 402 g/mol. The molecule has 9 heteroatoms. The van der Waals surface area contributed by atoms with Gasteiger partial charge < -0.3 is 25.2 Å². The summed E-state index contributed by atoms with van der Waals surface area (Å²) < 4.78 is 4.48. The zero-order valence-electron chi connectivity index (χ0n) is 16.9.